The summed E-state index contributed by atoms with van der Waals surface area (Å²) in [4.78, 5) is 11.7. The average molecular weight is 189 g/mol. The van der Waals surface area contributed by atoms with Crippen molar-refractivity contribution in [3.63, 3.8) is 0 Å². The van der Waals surface area contributed by atoms with E-state index >= 15 is 0 Å². The van der Waals surface area contributed by atoms with E-state index in [1.807, 2.05) is 18.2 Å². The largest absolute Gasteiger partial charge is 0.495 e. The Morgan fingerprint density at radius 3 is 2.86 bits per heavy atom. The molecule has 72 valence electrons. The molecule has 0 aromatic heterocycles. The molecule has 0 unspecified atom stereocenters. The number of para-hydroxylation sites is 1. The summed E-state index contributed by atoms with van der Waals surface area (Å²) < 4.78 is 5.21. The monoisotopic (exact) mass is 189 g/mol. The molecule has 1 aliphatic heterocycles. The van der Waals surface area contributed by atoms with E-state index in [0.717, 1.165) is 29.8 Å². The Morgan fingerprint density at radius 2 is 2.21 bits per heavy atom. The van der Waals surface area contributed by atoms with E-state index in [-0.39, 0.29) is 11.3 Å². The van der Waals surface area contributed by atoms with Crippen LogP contribution >= 0.6 is 0 Å². The molecule has 1 fully saturated rings. The van der Waals surface area contributed by atoms with Crippen LogP contribution in [0.25, 0.3) is 0 Å². The van der Waals surface area contributed by atoms with E-state index in [1.165, 1.54) is 0 Å². The molecule has 1 saturated carbocycles. The average Bonchev–Trinajstić information content (AvgIpc) is 2.93. The lowest BCUT2D eigenvalue weighted by atomic mass is 9.98. The summed E-state index contributed by atoms with van der Waals surface area (Å²) in [6.07, 6.45) is 1.94. The van der Waals surface area contributed by atoms with Crippen molar-refractivity contribution in [3.8, 4) is 5.75 Å². The van der Waals surface area contributed by atoms with Crippen LogP contribution in [0.15, 0.2) is 18.2 Å². The maximum Gasteiger partial charge on any atom is 0.235 e. The van der Waals surface area contributed by atoms with E-state index in [1.54, 1.807) is 7.11 Å². The molecular weight excluding hydrogens is 178 g/mol. The summed E-state index contributed by atoms with van der Waals surface area (Å²) in [5, 5.41) is 2.91. The van der Waals surface area contributed by atoms with Gasteiger partial charge in [-0.15, -0.1) is 0 Å². The first kappa shape index (κ1) is 7.85. The van der Waals surface area contributed by atoms with Crippen LogP contribution in [0.4, 0.5) is 5.69 Å². The molecule has 1 aliphatic carbocycles. The maximum absolute atomic E-state index is 11.7. The lowest BCUT2D eigenvalue weighted by molar-refractivity contribution is -0.117. The fourth-order valence-electron chi connectivity index (χ4n) is 2.21. The van der Waals surface area contributed by atoms with E-state index < -0.39 is 0 Å². The summed E-state index contributed by atoms with van der Waals surface area (Å²) in [6, 6.07) is 5.83. The number of methoxy groups -OCH3 is 1. The van der Waals surface area contributed by atoms with Crippen LogP contribution in [-0.4, -0.2) is 13.0 Å². The fraction of sp³-hybridized carbons (Fsp3) is 0.364. The molecule has 1 aromatic carbocycles. The van der Waals surface area contributed by atoms with Crippen LogP contribution in [0.1, 0.15) is 18.4 Å². The maximum atomic E-state index is 11.7. The van der Waals surface area contributed by atoms with Gasteiger partial charge in [0.05, 0.1) is 18.2 Å². The highest BCUT2D eigenvalue weighted by Crippen LogP contribution is 2.56. The number of hydrogen-bond donors (Lipinski definition) is 1. The zero-order valence-electron chi connectivity index (χ0n) is 7.96. The molecule has 0 atom stereocenters. The van der Waals surface area contributed by atoms with E-state index in [9.17, 15) is 4.79 Å². The minimum Gasteiger partial charge on any atom is -0.495 e. The Bertz CT molecular complexity index is 421. The van der Waals surface area contributed by atoms with Gasteiger partial charge < -0.3 is 10.1 Å². The molecule has 3 rings (SSSR count). The SMILES string of the molecule is COc1cccc2c1NC(=O)C21CC1. The molecule has 1 N–H and O–H groups in total. The number of nitrogens with one attached hydrogen (secondary N) is 1. The van der Waals surface area contributed by atoms with Crippen molar-refractivity contribution in [2.24, 2.45) is 0 Å². The third kappa shape index (κ3) is 0.750. The molecular formula is C11H11NO2. The number of carbonyl (C=O) groups is 1. The van der Waals surface area contributed by atoms with Crippen LogP contribution < -0.4 is 10.1 Å². The highest BCUT2D eigenvalue weighted by molar-refractivity contribution is 6.09. The summed E-state index contributed by atoms with van der Waals surface area (Å²) in [6.45, 7) is 0. The molecule has 1 aromatic rings. The van der Waals surface area contributed by atoms with Gasteiger partial charge in [0.1, 0.15) is 5.75 Å². The Balaban J connectivity index is 2.21. The molecule has 1 heterocycles. The van der Waals surface area contributed by atoms with E-state index in [4.69, 9.17) is 4.74 Å². The fourth-order valence-corrected chi connectivity index (χ4v) is 2.21. The number of rotatable bonds is 1. The highest BCUT2D eigenvalue weighted by Gasteiger charge is 2.56. The van der Waals surface area contributed by atoms with Gasteiger partial charge in [-0.25, -0.2) is 0 Å². The van der Waals surface area contributed by atoms with Gasteiger partial charge in [-0.1, -0.05) is 12.1 Å². The second kappa shape index (κ2) is 2.29. The smallest absolute Gasteiger partial charge is 0.235 e. The van der Waals surface area contributed by atoms with Gasteiger partial charge in [-0.3, -0.25) is 4.79 Å². The third-order valence-electron chi connectivity index (χ3n) is 3.18. The van der Waals surface area contributed by atoms with Gasteiger partial charge in [-0.2, -0.15) is 0 Å². The van der Waals surface area contributed by atoms with Crippen molar-refractivity contribution in [1.82, 2.24) is 0 Å². The quantitative estimate of drug-likeness (QED) is 0.729. The summed E-state index contributed by atoms with van der Waals surface area (Å²) in [5.74, 6) is 0.900. The van der Waals surface area contributed by atoms with Crippen molar-refractivity contribution in [2.45, 2.75) is 18.3 Å². The predicted molar refractivity (Wildman–Crippen MR) is 52.5 cm³/mol. The van der Waals surface area contributed by atoms with Crippen LogP contribution in [0.2, 0.25) is 0 Å². The minimum atomic E-state index is -0.204. The molecule has 0 saturated heterocycles. The molecule has 1 amide bonds. The van der Waals surface area contributed by atoms with Crippen molar-refractivity contribution in [2.75, 3.05) is 12.4 Å². The first-order valence-electron chi connectivity index (χ1n) is 4.77. The zero-order chi connectivity index (χ0) is 9.76. The van der Waals surface area contributed by atoms with Crippen LogP contribution in [0.5, 0.6) is 5.75 Å². The number of benzene rings is 1. The molecule has 2 aliphatic rings. The van der Waals surface area contributed by atoms with Gasteiger partial charge >= 0.3 is 0 Å². The van der Waals surface area contributed by atoms with Crippen LogP contribution in [0, 0.1) is 0 Å². The Morgan fingerprint density at radius 1 is 1.43 bits per heavy atom. The number of anilines is 1. The number of fused-ring (bicyclic) bond motifs is 2. The van der Waals surface area contributed by atoms with E-state index in [2.05, 4.69) is 5.32 Å². The molecule has 0 radical (unpaired) electrons. The molecule has 14 heavy (non-hydrogen) atoms. The minimum absolute atomic E-state index is 0.136. The Hall–Kier alpha value is -1.51. The number of carbonyl (C=O) groups excluding carboxylic acids is 1. The number of ether oxygens (including phenoxy) is 1. The van der Waals surface area contributed by atoms with Gasteiger partial charge in [0, 0.05) is 0 Å². The van der Waals surface area contributed by atoms with Gasteiger partial charge in [0.2, 0.25) is 5.91 Å². The summed E-state index contributed by atoms with van der Waals surface area (Å²) in [5.41, 5.74) is 1.78. The van der Waals surface area contributed by atoms with Gasteiger partial charge in [-0.05, 0) is 24.5 Å². The van der Waals surface area contributed by atoms with Crippen LogP contribution in [-0.2, 0) is 10.2 Å². The zero-order valence-corrected chi connectivity index (χ0v) is 7.96. The predicted octanol–water partition coefficient (Wildman–Crippen LogP) is 1.68. The Labute approximate surface area is 82.1 Å². The number of amides is 1. The summed E-state index contributed by atoms with van der Waals surface area (Å²) in [7, 11) is 1.62. The topological polar surface area (TPSA) is 38.3 Å². The molecule has 1 spiro atoms. The highest BCUT2D eigenvalue weighted by atomic mass is 16.5. The second-order valence-corrected chi connectivity index (χ2v) is 3.92. The second-order valence-electron chi connectivity index (χ2n) is 3.92. The van der Waals surface area contributed by atoms with Crippen LogP contribution in [0.3, 0.4) is 0 Å². The summed E-state index contributed by atoms with van der Waals surface area (Å²) >= 11 is 0. The van der Waals surface area contributed by atoms with Crippen molar-refractivity contribution < 1.29 is 9.53 Å². The first-order chi connectivity index (χ1) is 6.78. The van der Waals surface area contributed by atoms with Gasteiger partial charge in [0.25, 0.3) is 0 Å². The van der Waals surface area contributed by atoms with Crippen molar-refractivity contribution in [3.05, 3.63) is 23.8 Å². The number of hydrogen-bond acceptors (Lipinski definition) is 2. The first-order valence-corrected chi connectivity index (χ1v) is 4.77. The normalized spacial score (nSPS) is 20.5. The molecule has 0 bridgehead atoms. The van der Waals surface area contributed by atoms with E-state index in [0.29, 0.717) is 0 Å². The van der Waals surface area contributed by atoms with Crippen molar-refractivity contribution >= 4 is 11.6 Å². The lowest BCUT2D eigenvalue weighted by Crippen LogP contribution is -2.18. The molecule has 3 heteroatoms. The molecule has 3 nitrogen and oxygen atoms in total. The third-order valence-corrected chi connectivity index (χ3v) is 3.18. The Kier molecular flexibility index (Phi) is 1.29. The van der Waals surface area contributed by atoms with Crippen molar-refractivity contribution in [1.29, 1.82) is 0 Å². The van der Waals surface area contributed by atoms with Gasteiger partial charge in [0.15, 0.2) is 0 Å². The lowest BCUT2D eigenvalue weighted by Gasteiger charge is -2.06. The standard InChI is InChI=1S/C11H11NO2/c1-14-8-4-2-3-7-9(8)12-10(13)11(7)5-6-11/h2-4H,5-6H2,1H3,(H,12,13).